The molecule has 1 fully saturated rings. The van der Waals surface area contributed by atoms with Crippen LogP contribution >= 0.6 is 22.9 Å². The predicted molar refractivity (Wildman–Crippen MR) is 97.4 cm³/mol. The van der Waals surface area contributed by atoms with Crippen LogP contribution in [0.1, 0.15) is 5.89 Å². The molecular formula is C16H16ClN3O3S2. The molecule has 0 aliphatic carbocycles. The maximum absolute atomic E-state index is 12.5. The number of hydrogen-bond acceptors (Lipinski definition) is 6. The topological polar surface area (TPSA) is 66.7 Å². The highest BCUT2D eigenvalue weighted by atomic mass is 35.5. The zero-order valence-corrected chi connectivity index (χ0v) is 15.6. The fourth-order valence-corrected chi connectivity index (χ4v) is 5.61. The molecule has 3 aromatic rings. The Balaban J connectivity index is 1.41. The molecule has 3 heterocycles. The number of rotatable bonds is 4. The molecule has 9 heteroatoms. The molecule has 0 unspecified atom stereocenters. The lowest BCUT2D eigenvalue weighted by atomic mass is 10.3. The van der Waals surface area contributed by atoms with Gasteiger partial charge in [0, 0.05) is 31.2 Å². The molecule has 0 spiro atoms. The number of halogens is 1. The molecule has 1 aliphatic heterocycles. The Labute approximate surface area is 154 Å². The third-order valence-electron chi connectivity index (χ3n) is 4.17. The first-order valence-corrected chi connectivity index (χ1v) is 10.5. The largest absolute Gasteiger partial charge is 0.439 e. The van der Waals surface area contributed by atoms with Crippen LogP contribution < -0.4 is 0 Å². The Kier molecular flexibility index (Phi) is 4.55. The molecule has 1 saturated heterocycles. The molecule has 1 aromatic carbocycles. The van der Waals surface area contributed by atoms with Crippen LogP contribution in [0.15, 0.2) is 44.3 Å². The number of hydrogen-bond donors (Lipinski definition) is 0. The van der Waals surface area contributed by atoms with Crippen molar-refractivity contribution in [3.8, 4) is 0 Å². The zero-order valence-electron chi connectivity index (χ0n) is 13.3. The number of sulfonamides is 1. The molecule has 0 saturated carbocycles. The van der Waals surface area contributed by atoms with Crippen LogP contribution in [0.4, 0.5) is 0 Å². The molecule has 6 nitrogen and oxygen atoms in total. The molecule has 1 aliphatic rings. The number of thiophene rings is 1. The molecule has 0 bridgehead atoms. The Morgan fingerprint density at radius 3 is 2.72 bits per heavy atom. The minimum Gasteiger partial charge on any atom is -0.439 e. The molecule has 0 atom stereocenters. The second-order valence-corrected chi connectivity index (χ2v) is 9.38. The average Bonchev–Trinajstić information content (AvgIpc) is 3.24. The molecule has 2 aromatic heterocycles. The van der Waals surface area contributed by atoms with E-state index in [1.807, 2.05) is 0 Å². The van der Waals surface area contributed by atoms with E-state index in [4.69, 9.17) is 16.0 Å². The summed E-state index contributed by atoms with van der Waals surface area (Å²) < 4.78 is 32.8. The summed E-state index contributed by atoms with van der Waals surface area (Å²) in [5.74, 6) is 0.617. The monoisotopic (exact) mass is 397 g/mol. The Bertz CT molecular complexity index is 977. The van der Waals surface area contributed by atoms with Crippen LogP contribution in [0.5, 0.6) is 0 Å². The first-order chi connectivity index (χ1) is 12.0. The third kappa shape index (κ3) is 3.45. The van der Waals surface area contributed by atoms with E-state index >= 15 is 0 Å². The fourth-order valence-electron chi connectivity index (χ4n) is 2.87. The Morgan fingerprint density at radius 1 is 1.20 bits per heavy atom. The fraction of sp³-hybridized carbons (Fsp3) is 0.312. The minimum absolute atomic E-state index is 0.400. The van der Waals surface area contributed by atoms with Crippen molar-refractivity contribution in [1.29, 1.82) is 0 Å². The quantitative estimate of drug-likeness (QED) is 0.676. The van der Waals surface area contributed by atoms with Crippen molar-refractivity contribution in [1.82, 2.24) is 14.2 Å². The van der Waals surface area contributed by atoms with Gasteiger partial charge in [0.05, 0.1) is 6.54 Å². The van der Waals surface area contributed by atoms with E-state index in [1.54, 1.807) is 40.0 Å². The molecule has 0 radical (unpaired) electrons. The van der Waals surface area contributed by atoms with Gasteiger partial charge in [-0.25, -0.2) is 13.4 Å². The van der Waals surface area contributed by atoms with Gasteiger partial charge in [0.15, 0.2) is 5.58 Å². The van der Waals surface area contributed by atoms with Crippen molar-refractivity contribution in [3.63, 3.8) is 0 Å². The maximum atomic E-state index is 12.5. The second kappa shape index (κ2) is 6.69. The highest BCUT2D eigenvalue weighted by Gasteiger charge is 2.29. The van der Waals surface area contributed by atoms with Gasteiger partial charge in [-0.2, -0.15) is 4.31 Å². The average molecular weight is 398 g/mol. The summed E-state index contributed by atoms with van der Waals surface area (Å²) in [5.41, 5.74) is 1.44. The molecule has 0 amide bonds. The lowest BCUT2D eigenvalue weighted by Gasteiger charge is -2.32. The summed E-state index contributed by atoms with van der Waals surface area (Å²) in [7, 11) is -3.37. The zero-order chi connectivity index (χ0) is 17.4. The number of oxazole rings is 1. The van der Waals surface area contributed by atoms with Crippen molar-refractivity contribution in [2.24, 2.45) is 0 Å². The SMILES string of the molecule is O=S(=O)(c1cccs1)N1CCN(Cc2nc3cc(Cl)ccc3o2)CC1. The van der Waals surface area contributed by atoms with Gasteiger partial charge in [-0.1, -0.05) is 17.7 Å². The highest BCUT2D eigenvalue weighted by Crippen LogP contribution is 2.23. The van der Waals surface area contributed by atoms with Crippen molar-refractivity contribution in [3.05, 3.63) is 46.6 Å². The number of nitrogens with zero attached hydrogens (tertiary/aromatic N) is 3. The summed E-state index contributed by atoms with van der Waals surface area (Å²) in [5, 5.41) is 2.41. The summed E-state index contributed by atoms with van der Waals surface area (Å²) in [6.45, 7) is 2.77. The van der Waals surface area contributed by atoms with Crippen LogP contribution in [-0.2, 0) is 16.6 Å². The van der Waals surface area contributed by atoms with E-state index in [9.17, 15) is 8.42 Å². The maximum Gasteiger partial charge on any atom is 0.252 e. The van der Waals surface area contributed by atoms with Gasteiger partial charge in [0.1, 0.15) is 9.73 Å². The number of piperazine rings is 1. The van der Waals surface area contributed by atoms with Crippen LogP contribution in [0.3, 0.4) is 0 Å². The van der Waals surface area contributed by atoms with E-state index in [2.05, 4.69) is 9.88 Å². The van der Waals surface area contributed by atoms with E-state index in [0.29, 0.717) is 53.4 Å². The van der Waals surface area contributed by atoms with Crippen molar-refractivity contribution in [2.45, 2.75) is 10.8 Å². The number of aromatic nitrogens is 1. The van der Waals surface area contributed by atoms with Crippen molar-refractivity contribution >= 4 is 44.1 Å². The van der Waals surface area contributed by atoms with Crippen LogP contribution in [0.2, 0.25) is 5.02 Å². The van der Waals surface area contributed by atoms with Gasteiger partial charge < -0.3 is 4.42 Å². The van der Waals surface area contributed by atoms with Gasteiger partial charge in [0.2, 0.25) is 5.89 Å². The van der Waals surface area contributed by atoms with Gasteiger partial charge >= 0.3 is 0 Å². The molecule has 25 heavy (non-hydrogen) atoms. The third-order valence-corrected chi connectivity index (χ3v) is 7.68. The summed E-state index contributed by atoms with van der Waals surface area (Å²) in [6.07, 6.45) is 0. The van der Waals surface area contributed by atoms with Gasteiger partial charge in [-0.05, 0) is 29.6 Å². The van der Waals surface area contributed by atoms with Crippen LogP contribution in [-0.4, -0.2) is 48.8 Å². The minimum atomic E-state index is -3.37. The lowest BCUT2D eigenvalue weighted by Crippen LogP contribution is -2.48. The first-order valence-electron chi connectivity index (χ1n) is 7.83. The van der Waals surface area contributed by atoms with Crippen molar-refractivity contribution in [2.75, 3.05) is 26.2 Å². The Morgan fingerprint density at radius 2 is 2.00 bits per heavy atom. The van der Waals surface area contributed by atoms with Gasteiger partial charge in [0.25, 0.3) is 10.0 Å². The smallest absolute Gasteiger partial charge is 0.252 e. The molecular weight excluding hydrogens is 382 g/mol. The molecule has 4 rings (SSSR count). The highest BCUT2D eigenvalue weighted by molar-refractivity contribution is 7.91. The lowest BCUT2D eigenvalue weighted by molar-refractivity contribution is 0.169. The number of benzene rings is 1. The molecule has 132 valence electrons. The number of fused-ring (bicyclic) bond motifs is 1. The van der Waals surface area contributed by atoms with E-state index in [-0.39, 0.29) is 0 Å². The second-order valence-electron chi connectivity index (χ2n) is 5.83. The summed E-state index contributed by atoms with van der Waals surface area (Å²) in [6, 6.07) is 8.76. The standard InChI is InChI=1S/C16H16ClN3O3S2/c17-12-3-4-14-13(10-12)18-15(23-14)11-19-5-7-20(8-6-19)25(21,22)16-2-1-9-24-16/h1-4,9-10H,5-8,11H2. The first kappa shape index (κ1) is 17.0. The van der Waals surface area contributed by atoms with E-state index in [0.717, 1.165) is 5.52 Å². The van der Waals surface area contributed by atoms with Gasteiger partial charge in [-0.15, -0.1) is 11.3 Å². The van der Waals surface area contributed by atoms with E-state index in [1.165, 1.54) is 11.3 Å². The van der Waals surface area contributed by atoms with Crippen molar-refractivity contribution < 1.29 is 12.8 Å². The van der Waals surface area contributed by atoms with Crippen LogP contribution in [0.25, 0.3) is 11.1 Å². The normalized spacial score (nSPS) is 17.3. The Hall–Kier alpha value is -1.45. The van der Waals surface area contributed by atoms with E-state index < -0.39 is 10.0 Å². The summed E-state index contributed by atoms with van der Waals surface area (Å²) in [4.78, 5) is 6.60. The van der Waals surface area contributed by atoms with Crippen LogP contribution in [0, 0.1) is 0 Å². The molecule has 0 N–H and O–H groups in total. The predicted octanol–water partition coefficient (Wildman–Crippen LogP) is 3.05. The summed E-state index contributed by atoms with van der Waals surface area (Å²) >= 11 is 7.22. The van der Waals surface area contributed by atoms with Gasteiger partial charge in [-0.3, -0.25) is 4.90 Å².